The van der Waals surface area contributed by atoms with E-state index < -0.39 is 0 Å². The number of rotatable bonds is 4. The van der Waals surface area contributed by atoms with E-state index in [1.165, 1.54) is 11.3 Å². The Balaban J connectivity index is 2.62. The molecule has 1 N–H and O–H groups in total. The minimum Gasteiger partial charge on any atom is -0.348 e. The van der Waals surface area contributed by atoms with Crippen LogP contribution in [0.15, 0.2) is 12.1 Å². The van der Waals surface area contributed by atoms with Crippen molar-refractivity contribution in [2.24, 2.45) is 5.92 Å². The molecule has 1 rings (SSSR count). The highest BCUT2D eigenvalue weighted by molar-refractivity contribution is 14.1. The average Bonchev–Trinajstić information content (AvgIpc) is 2.60. The van der Waals surface area contributed by atoms with Gasteiger partial charge in [-0.3, -0.25) is 4.79 Å². The van der Waals surface area contributed by atoms with E-state index in [2.05, 4.69) is 41.8 Å². The van der Waals surface area contributed by atoms with Crippen LogP contribution in [0.1, 0.15) is 23.5 Å². The van der Waals surface area contributed by atoms with Crippen molar-refractivity contribution in [2.45, 2.75) is 19.9 Å². The molecule has 1 heterocycles. The van der Waals surface area contributed by atoms with Gasteiger partial charge in [-0.05, 0) is 18.1 Å². The van der Waals surface area contributed by atoms with Crippen LogP contribution in [0.25, 0.3) is 0 Å². The van der Waals surface area contributed by atoms with Gasteiger partial charge in [0.25, 0.3) is 5.91 Å². The Labute approximate surface area is 113 Å². The van der Waals surface area contributed by atoms with E-state index in [1.807, 2.05) is 0 Å². The second-order valence-electron chi connectivity index (χ2n) is 3.58. The maximum absolute atomic E-state index is 11.8. The van der Waals surface area contributed by atoms with Crippen molar-refractivity contribution in [3.8, 4) is 0 Å². The van der Waals surface area contributed by atoms with E-state index in [4.69, 9.17) is 11.6 Å². The van der Waals surface area contributed by atoms with Crippen molar-refractivity contribution < 1.29 is 4.79 Å². The van der Waals surface area contributed by atoms with Gasteiger partial charge < -0.3 is 5.32 Å². The fraction of sp³-hybridized carbons (Fsp3) is 0.500. The molecule has 1 atom stereocenters. The molecule has 5 heteroatoms. The van der Waals surface area contributed by atoms with Crippen LogP contribution in [0, 0.1) is 5.92 Å². The summed E-state index contributed by atoms with van der Waals surface area (Å²) in [6.07, 6.45) is 0. The molecule has 0 aliphatic rings. The highest BCUT2D eigenvalue weighted by Gasteiger charge is 2.16. The number of nitrogens with one attached hydrogen (secondary N) is 1. The Kier molecular flexibility index (Phi) is 5.35. The van der Waals surface area contributed by atoms with Crippen LogP contribution in [-0.2, 0) is 0 Å². The van der Waals surface area contributed by atoms with E-state index in [9.17, 15) is 4.79 Å². The van der Waals surface area contributed by atoms with Gasteiger partial charge in [0.1, 0.15) is 0 Å². The van der Waals surface area contributed by atoms with Crippen LogP contribution in [0.3, 0.4) is 0 Å². The van der Waals surface area contributed by atoms with Crippen LogP contribution < -0.4 is 5.32 Å². The maximum atomic E-state index is 11.8. The van der Waals surface area contributed by atoms with Gasteiger partial charge in [-0.25, -0.2) is 0 Å². The molecule has 0 saturated carbocycles. The van der Waals surface area contributed by atoms with Crippen molar-refractivity contribution in [1.82, 2.24) is 5.32 Å². The Bertz CT molecular complexity index is 340. The van der Waals surface area contributed by atoms with Crippen molar-refractivity contribution in [2.75, 3.05) is 4.43 Å². The fourth-order valence-corrected chi connectivity index (χ4v) is 3.24. The number of amides is 1. The van der Waals surface area contributed by atoms with E-state index in [1.54, 1.807) is 12.1 Å². The average molecular weight is 358 g/mol. The van der Waals surface area contributed by atoms with Gasteiger partial charge in [0.2, 0.25) is 0 Å². The number of hydrogen-bond donors (Lipinski definition) is 1. The largest absolute Gasteiger partial charge is 0.348 e. The van der Waals surface area contributed by atoms with Crippen molar-refractivity contribution in [3.05, 3.63) is 21.3 Å². The van der Waals surface area contributed by atoms with Gasteiger partial charge in [0.15, 0.2) is 0 Å². The molecule has 0 aliphatic heterocycles. The first-order valence-electron chi connectivity index (χ1n) is 4.66. The molecule has 15 heavy (non-hydrogen) atoms. The molecule has 0 spiro atoms. The maximum Gasteiger partial charge on any atom is 0.261 e. The van der Waals surface area contributed by atoms with Crippen LogP contribution in [0.4, 0.5) is 0 Å². The zero-order valence-corrected chi connectivity index (χ0v) is 12.3. The monoisotopic (exact) mass is 357 g/mol. The van der Waals surface area contributed by atoms with Gasteiger partial charge in [-0.1, -0.05) is 48.0 Å². The molecule has 1 unspecified atom stereocenters. The first kappa shape index (κ1) is 13.3. The summed E-state index contributed by atoms with van der Waals surface area (Å²) in [6, 6.07) is 3.72. The third kappa shape index (κ3) is 3.92. The van der Waals surface area contributed by atoms with Gasteiger partial charge >= 0.3 is 0 Å². The SMILES string of the molecule is CC(C)C(CI)NC(=O)c1ccc(Cl)s1. The predicted molar refractivity (Wildman–Crippen MR) is 74.3 cm³/mol. The number of thiophene rings is 1. The number of alkyl halides is 1. The Morgan fingerprint density at radius 1 is 1.60 bits per heavy atom. The summed E-state index contributed by atoms with van der Waals surface area (Å²) in [5.41, 5.74) is 0. The van der Waals surface area contributed by atoms with Crippen molar-refractivity contribution >= 4 is 51.4 Å². The summed E-state index contributed by atoms with van der Waals surface area (Å²) in [4.78, 5) is 12.4. The smallest absolute Gasteiger partial charge is 0.261 e. The van der Waals surface area contributed by atoms with E-state index in [0.29, 0.717) is 15.1 Å². The minimum atomic E-state index is -0.0257. The molecule has 0 aliphatic carbocycles. The molecule has 0 bridgehead atoms. The predicted octanol–water partition coefficient (Wildman–Crippen LogP) is 3.59. The minimum absolute atomic E-state index is 0.0257. The van der Waals surface area contributed by atoms with Crippen molar-refractivity contribution in [3.63, 3.8) is 0 Å². The number of hydrogen-bond acceptors (Lipinski definition) is 2. The summed E-state index contributed by atoms with van der Waals surface area (Å²) in [6.45, 7) is 4.20. The van der Waals surface area contributed by atoms with Crippen LogP contribution in [0.5, 0.6) is 0 Å². The summed E-state index contributed by atoms with van der Waals surface area (Å²) >= 11 is 9.37. The Hall–Kier alpha value is 0.190. The number of carbonyl (C=O) groups excluding carboxylic acids is 1. The van der Waals surface area contributed by atoms with E-state index >= 15 is 0 Å². The molecular weight excluding hydrogens is 345 g/mol. The zero-order chi connectivity index (χ0) is 11.4. The van der Waals surface area contributed by atoms with Gasteiger partial charge in [-0.2, -0.15) is 0 Å². The first-order valence-corrected chi connectivity index (χ1v) is 7.38. The highest BCUT2D eigenvalue weighted by atomic mass is 127. The first-order chi connectivity index (χ1) is 7.04. The summed E-state index contributed by atoms with van der Waals surface area (Å²) < 4.78 is 1.57. The molecule has 84 valence electrons. The lowest BCUT2D eigenvalue weighted by Gasteiger charge is -2.19. The van der Waals surface area contributed by atoms with Gasteiger partial charge in [0, 0.05) is 10.5 Å². The fourth-order valence-electron chi connectivity index (χ4n) is 1.06. The summed E-state index contributed by atoms with van der Waals surface area (Å²) in [7, 11) is 0. The zero-order valence-electron chi connectivity index (χ0n) is 8.59. The Morgan fingerprint density at radius 3 is 2.67 bits per heavy atom. The molecule has 0 fully saturated rings. The summed E-state index contributed by atoms with van der Waals surface area (Å²) in [5, 5.41) is 3.00. The van der Waals surface area contributed by atoms with Crippen LogP contribution in [-0.4, -0.2) is 16.4 Å². The quantitative estimate of drug-likeness (QED) is 0.647. The molecule has 0 saturated heterocycles. The lowest BCUT2D eigenvalue weighted by Crippen LogP contribution is -2.39. The summed E-state index contributed by atoms with van der Waals surface area (Å²) in [5.74, 6) is 0.420. The van der Waals surface area contributed by atoms with Crippen LogP contribution in [0.2, 0.25) is 4.34 Å². The van der Waals surface area contributed by atoms with E-state index in [-0.39, 0.29) is 11.9 Å². The topological polar surface area (TPSA) is 29.1 Å². The standard InChI is InChI=1S/C10H13ClINOS/c1-6(2)7(5-12)13-10(14)8-3-4-9(11)15-8/h3-4,6-7H,5H2,1-2H3,(H,13,14). The van der Waals surface area contributed by atoms with E-state index in [0.717, 1.165) is 4.43 Å². The molecule has 0 aromatic carbocycles. The molecule has 1 amide bonds. The lowest BCUT2D eigenvalue weighted by atomic mass is 10.1. The van der Waals surface area contributed by atoms with Gasteiger partial charge in [0.05, 0.1) is 9.21 Å². The second-order valence-corrected chi connectivity index (χ2v) is 6.18. The van der Waals surface area contributed by atoms with Crippen molar-refractivity contribution in [1.29, 1.82) is 0 Å². The second kappa shape index (κ2) is 6.06. The number of halogens is 2. The Morgan fingerprint density at radius 2 is 2.27 bits per heavy atom. The van der Waals surface area contributed by atoms with Gasteiger partial charge in [-0.15, -0.1) is 11.3 Å². The lowest BCUT2D eigenvalue weighted by molar-refractivity contribution is 0.0936. The number of carbonyl (C=O) groups is 1. The normalized spacial score (nSPS) is 12.9. The third-order valence-corrected chi connectivity index (χ3v) is 4.26. The molecule has 0 radical (unpaired) electrons. The molecule has 1 aromatic heterocycles. The molecule has 2 nitrogen and oxygen atoms in total. The highest BCUT2D eigenvalue weighted by Crippen LogP contribution is 2.21. The van der Waals surface area contributed by atoms with Crippen LogP contribution >= 0.6 is 45.5 Å². The third-order valence-electron chi connectivity index (χ3n) is 2.08. The molecule has 1 aromatic rings. The molecular formula is C10H13ClINOS.